The van der Waals surface area contributed by atoms with Crippen LogP contribution in [0, 0.1) is 0 Å². The van der Waals surface area contributed by atoms with Gasteiger partial charge in [0.25, 0.3) is 0 Å². The number of likely N-dealkylation sites (N-methyl/N-ethyl adjacent to an activating group) is 1. The lowest BCUT2D eigenvalue weighted by molar-refractivity contribution is -0.870. The summed E-state index contributed by atoms with van der Waals surface area (Å²) in [4.78, 5) is 37.6. The second-order valence-electron chi connectivity index (χ2n) is 22.2. The summed E-state index contributed by atoms with van der Waals surface area (Å²) in [5, 5.41) is 3.04. The Balaban J connectivity index is 5.15. The van der Waals surface area contributed by atoms with Crippen LogP contribution in [0.1, 0.15) is 290 Å². The Labute approximate surface area is 452 Å². The van der Waals surface area contributed by atoms with Gasteiger partial charge in [-0.25, -0.2) is 4.57 Å². The van der Waals surface area contributed by atoms with Crippen molar-refractivity contribution in [2.24, 2.45) is 0 Å². The molecule has 0 aliphatic rings. The molecule has 0 aliphatic carbocycles. The molecular formula is C63H120N2O7P+. The number of unbranched alkanes of at least 4 members (excludes halogenated alkanes) is 34. The van der Waals surface area contributed by atoms with Crippen LogP contribution in [0.5, 0.6) is 0 Å². The maximum atomic E-state index is 13.5. The predicted molar refractivity (Wildman–Crippen MR) is 314 cm³/mol. The third-order valence-corrected chi connectivity index (χ3v) is 14.7. The summed E-state index contributed by atoms with van der Waals surface area (Å²) < 4.78 is 30.6. The van der Waals surface area contributed by atoms with E-state index in [9.17, 15) is 19.0 Å². The highest BCUT2D eigenvalue weighted by molar-refractivity contribution is 7.47. The number of nitrogens with zero attached hydrogens (tertiary/aromatic N) is 1. The summed E-state index contributed by atoms with van der Waals surface area (Å²) in [5.74, 6) is -0.576. The summed E-state index contributed by atoms with van der Waals surface area (Å²) in [7, 11) is 1.48. The molecule has 0 aromatic rings. The maximum Gasteiger partial charge on any atom is 0.472 e. The number of hydrogen-bond acceptors (Lipinski definition) is 6. The molecule has 0 aliphatic heterocycles. The van der Waals surface area contributed by atoms with Gasteiger partial charge >= 0.3 is 13.8 Å². The molecule has 2 N–H and O–H groups in total. The average Bonchev–Trinajstić information content (AvgIpc) is 3.35. The summed E-state index contributed by atoms with van der Waals surface area (Å²) in [6.45, 7) is 6.98. The molecule has 0 rings (SSSR count). The second-order valence-corrected chi connectivity index (χ2v) is 23.7. The quantitative estimate of drug-likeness (QED) is 0.0205. The Hall–Kier alpha value is -2.03. The van der Waals surface area contributed by atoms with Gasteiger partial charge in [-0.2, -0.15) is 0 Å². The number of ether oxygens (including phenoxy) is 1. The summed E-state index contributed by atoms with van der Waals surface area (Å²) in [6, 6.07) is -0.868. The Bertz CT molecular complexity index is 1390. The minimum absolute atomic E-state index is 0.0334. The molecule has 0 aromatic carbocycles. The predicted octanol–water partition coefficient (Wildman–Crippen LogP) is 18.9. The van der Waals surface area contributed by atoms with Crippen molar-refractivity contribution >= 4 is 19.7 Å². The molecular weight excluding hydrogens is 928 g/mol. The van der Waals surface area contributed by atoms with Crippen LogP contribution in [-0.2, 0) is 27.9 Å². The van der Waals surface area contributed by atoms with Gasteiger partial charge in [-0.15, -0.1) is 0 Å². The van der Waals surface area contributed by atoms with Crippen molar-refractivity contribution in [2.75, 3.05) is 40.9 Å². The van der Waals surface area contributed by atoms with Gasteiger partial charge in [0.05, 0.1) is 33.8 Å². The van der Waals surface area contributed by atoms with Crippen molar-refractivity contribution in [3.8, 4) is 0 Å². The van der Waals surface area contributed by atoms with Crippen LogP contribution in [0.15, 0.2) is 48.6 Å². The molecule has 0 spiro atoms. The first-order chi connectivity index (χ1) is 35.4. The molecule has 0 aromatic heterocycles. The number of phosphoric acid groups is 1. The molecule has 9 nitrogen and oxygen atoms in total. The lowest BCUT2D eigenvalue weighted by atomic mass is 10.0. The van der Waals surface area contributed by atoms with Gasteiger partial charge in [0.15, 0.2) is 0 Å². The number of quaternary nitrogens is 1. The number of allylic oxidation sites excluding steroid dienone is 7. The SMILES string of the molecule is CCCCCCCC/C=C\C/C=C/CCC(=O)OC(/C=C\CCCCCCCCCCC)C(COP(=O)(O)OCC[N+](C)(C)C)NC(=O)CCCCCCCCCCCCCCC/C=C/CCCCCCCC. The average molecular weight is 1050 g/mol. The Morgan fingerprint density at radius 3 is 1.27 bits per heavy atom. The number of esters is 1. The normalized spacial score (nSPS) is 14.0. The van der Waals surface area contributed by atoms with Crippen LogP contribution in [0.2, 0.25) is 0 Å². The van der Waals surface area contributed by atoms with Crippen LogP contribution >= 0.6 is 7.82 Å². The Kier molecular flexibility index (Phi) is 51.9. The lowest BCUT2D eigenvalue weighted by Gasteiger charge is -2.27. The second kappa shape index (κ2) is 53.4. The molecule has 1 amide bonds. The monoisotopic (exact) mass is 1050 g/mol. The van der Waals surface area contributed by atoms with E-state index in [0.29, 0.717) is 23.9 Å². The minimum atomic E-state index is -4.45. The molecule has 3 unspecified atom stereocenters. The topological polar surface area (TPSA) is 111 Å². The number of phosphoric ester groups is 1. The van der Waals surface area contributed by atoms with E-state index in [1.54, 1.807) is 0 Å². The first-order valence-electron chi connectivity index (χ1n) is 31.0. The van der Waals surface area contributed by atoms with Crippen molar-refractivity contribution in [3.63, 3.8) is 0 Å². The largest absolute Gasteiger partial charge is 0.472 e. The fraction of sp³-hybridized carbons (Fsp3) is 0.841. The molecule has 0 heterocycles. The van der Waals surface area contributed by atoms with E-state index in [4.69, 9.17) is 13.8 Å². The molecule has 0 saturated heterocycles. The van der Waals surface area contributed by atoms with Crippen molar-refractivity contribution < 1.29 is 37.3 Å². The smallest absolute Gasteiger partial charge is 0.456 e. The molecule has 0 saturated carbocycles. The van der Waals surface area contributed by atoms with Gasteiger partial charge in [-0.3, -0.25) is 18.6 Å². The van der Waals surface area contributed by atoms with Crippen LogP contribution in [0.3, 0.4) is 0 Å². The molecule has 0 radical (unpaired) electrons. The highest BCUT2D eigenvalue weighted by atomic mass is 31.2. The third kappa shape index (κ3) is 54.6. The fourth-order valence-electron chi connectivity index (χ4n) is 8.93. The van der Waals surface area contributed by atoms with Crippen LogP contribution in [0.4, 0.5) is 0 Å². The molecule has 73 heavy (non-hydrogen) atoms. The molecule has 10 heteroatoms. The van der Waals surface area contributed by atoms with E-state index in [1.165, 1.54) is 199 Å². The van der Waals surface area contributed by atoms with Gasteiger partial charge in [-0.05, 0) is 76.7 Å². The first kappa shape index (κ1) is 71.0. The van der Waals surface area contributed by atoms with Crippen molar-refractivity contribution in [1.29, 1.82) is 0 Å². The number of carbonyl (C=O) groups is 2. The Morgan fingerprint density at radius 2 is 0.849 bits per heavy atom. The molecule has 428 valence electrons. The maximum absolute atomic E-state index is 13.5. The highest BCUT2D eigenvalue weighted by Gasteiger charge is 2.30. The number of carbonyl (C=O) groups excluding carboxylic acids is 2. The van der Waals surface area contributed by atoms with E-state index < -0.39 is 20.0 Å². The van der Waals surface area contributed by atoms with E-state index in [0.717, 1.165) is 51.4 Å². The zero-order valence-electron chi connectivity index (χ0n) is 48.9. The number of rotatable bonds is 56. The van der Waals surface area contributed by atoms with Gasteiger partial charge in [-0.1, -0.05) is 250 Å². The number of amides is 1. The number of hydrogen-bond donors (Lipinski definition) is 2. The third-order valence-electron chi connectivity index (χ3n) is 13.8. The number of nitrogens with one attached hydrogen (secondary N) is 1. The zero-order chi connectivity index (χ0) is 53.6. The van der Waals surface area contributed by atoms with E-state index >= 15 is 0 Å². The van der Waals surface area contributed by atoms with Gasteiger partial charge < -0.3 is 19.4 Å². The van der Waals surface area contributed by atoms with E-state index in [2.05, 4.69) is 56.5 Å². The van der Waals surface area contributed by atoms with Crippen LogP contribution in [0.25, 0.3) is 0 Å². The van der Waals surface area contributed by atoms with E-state index in [-0.39, 0.29) is 31.5 Å². The first-order valence-corrected chi connectivity index (χ1v) is 32.5. The Morgan fingerprint density at radius 1 is 0.479 bits per heavy atom. The fourth-order valence-corrected chi connectivity index (χ4v) is 9.67. The van der Waals surface area contributed by atoms with Gasteiger partial charge in [0.2, 0.25) is 5.91 Å². The molecule has 0 bridgehead atoms. The highest BCUT2D eigenvalue weighted by Crippen LogP contribution is 2.43. The summed E-state index contributed by atoms with van der Waals surface area (Å²) in [5.41, 5.74) is 0. The lowest BCUT2D eigenvalue weighted by Crippen LogP contribution is -2.47. The standard InChI is InChI=1S/C63H119N2O7P/c1-7-10-13-16-19-22-25-27-28-29-30-31-32-33-34-35-36-38-40-43-46-49-52-55-62(66)64-60(59-71-73(68,69)70-58-57-65(4,5)6)61(54-51-48-45-42-39-24-21-18-15-12-9-3)72-63(67)56-53-50-47-44-41-37-26-23-20-17-14-11-8-2/h27-28,37,41,47,50-51,54,60-61H,7-26,29-36,38-40,42-46,48-49,52-53,55-59H2,1-6H3,(H-,64,66,68,69)/p+1/b28-27+,41-37-,50-47+,54-51-. The van der Waals surface area contributed by atoms with Crippen LogP contribution in [-0.4, -0.2) is 74.3 Å². The van der Waals surface area contributed by atoms with Crippen molar-refractivity contribution in [1.82, 2.24) is 5.32 Å². The van der Waals surface area contributed by atoms with Crippen LogP contribution < -0.4 is 5.32 Å². The van der Waals surface area contributed by atoms with Gasteiger partial charge in [0.1, 0.15) is 19.3 Å². The van der Waals surface area contributed by atoms with Crippen molar-refractivity contribution in [3.05, 3.63) is 48.6 Å². The minimum Gasteiger partial charge on any atom is -0.456 e. The van der Waals surface area contributed by atoms with Gasteiger partial charge in [0, 0.05) is 12.8 Å². The van der Waals surface area contributed by atoms with E-state index in [1.807, 2.05) is 39.4 Å². The summed E-state index contributed by atoms with van der Waals surface area (Å²) in [6.07, 6.45) is 65.6. The molecule has 3 atom stereocenters. The molecule has 0 fully saturated rings. The summed E-state index contributed by atoms with van der Waals surface area (Å²) >= 11 is 0. The van der Waals surface area contributed by atoms with Crippen molar-refractivity contribution in [2.45, 2.75) is 303 Å². The zero-order valence-corrected chi connectivity index (χ0v) is 49.8.